The number of pyridine rings is 1. The number of aromatic amines is 1. The molecule has 2 heterocycles. The van der Waals surface area contributed by atoms with Gasteiger partial charge in [0.05, 0.1) is 23.1 Å². The van der Waals surface area contributed by atoms with E-state index < -0.39 is 11.7 Å². The van der Waals surface area contributed by atoms with Crippen molar-refractivity contribution in [1.82, 2.24) is 15.2 Å². The number of fused-ring (bicyclic) bond motifs is 1. The van der Waals surface area contributed by atoms with Crippen LogP contribution in [0.1, 0.15) is 12.5 Å². The second-order valence-corrected chi connectivity index (χ2v) is 6.56. The zero-order valence-electron chi connectivity index (χ0n) is 15.2. The molecule has 5 nitrogen and oxygen atoms in total. The number of carbonyl (C=O) groups excluding carboxylic acids is 1. The summed E-state index contributed by atoms with van der Waals surface area (Å²) in [6.45, 7) is 1.30. The van der Waals surface area contributed by atoms with Gasteiger partial charge >= 0.3 is 6.18 Å². The van der Waals surface area contributed by atoms with Crippen molar-refractivity contribution in [2.45, 2.75) is 13.1 Å². The van der Waals surface area contributed by atoms with Gasteiger partial charge in [-0.15, -0.1) is 0 Å². The number of hydrogen-bond acceptors (Lipinski definition) is 3. The van der Waals surface area contributed by atoms with Gasteiger partial charge in [-0.3, -0.25) is 14.9 Å². The highest BCUT2D eigenvalue weighted by Crippen LogP contribution is 2.36. The average Bonchev–Trinajstić information content (AvgIpc) is 3.21. The summed E-state index contributed by atoms with van der Waals surface area (Å²) in [7, 11) is 0. The minimum absolute atomic E-state index is 0.200. The highest BCUT2D eigenvalue weighted by atomic mass is 19.4. The third kappa shape index (κ3) is 3.82. The summed E-state index contributed by atoms with van der Waals surface area (Å²) in [4.78, 5) is 15.8. The van der Waals surface area contributed by atoms with Crippen LogP contribution in [0.2, 0.25) is 0 Å². The van der Waals surface area contributed by atoms with Gasteiger partial charge in [-0.05, 0) is 41.3 Å². The van der Waals surface area contributed by atoms with Gasteiger partial charge in [0.2, 0.25) is 5.91 Å². The lowest BCUT2D eigenvalue weighted by molar-refractivity contribution is -0.137. The molecule has 4 aromatic rings. The first kappa shape index (κ1) is 18.7. The van der Waals surface area contributed by atoms with E-state index >= 15 is 0 Å². The van der Waals surface area contributed by atoms with Crippen LogP contribution in [-0.4, -0.2) is 21.1 Å². The number of amides is 1. The minimum Gasteiger partial charge on any atom is -0.326 e. The first-order chi connectivity index (χ1) is 13.8. The molecular formula is C21H15F3N4O. The summed E-state index contributed by atoms with van der Waals surface area (Å²) < 4.78 is 39.7. The number of anilines is 1. The van der Waals surface area contributed by atoms with E-state index in [9.17, 15) is 18.0 Å². The molecule has 0 saturated heterocycles. The maximum Gasteiger partial charge on any atom is 0.416 e. The molecule has 0 atom stereocenters. The van der Waals surface area contributed by atoms with Crippen molar-refractivity contribution in [3.05, 3.63) is 66.6 Å². The molecule has 2 aromatic heterocycles. The van der Waals surface area contributed by atoms with Crippen LogP contribution in [0.3, 0.4) is 0 Å². The Morgan fingerprint density at radius 2 is 1.83 bits per heavy atom. The summed E-state index contributed by atoms with van der Waals surface area (Å²) in [6, 6.07) is 10.6. The summed E-state index contributed by atoms with van der Waals surface area (Å²) in [6.07, 6.45) is 0.534. The van der Waals surface area contributed by atoms with Crippen molar-refractivity contribution >= 4 is 22.4 Å². The van der Waals surface area contributed by atoms with E-state index in [1.807, 2.05) is 18.2 Å². The third-order valence-corrected chi connectivity index (χ3v) is 4.49. The molecule has 29 heavy (non-hydrogen) atoms. The van der Waals surface area contributed by atoms with Crippen LogP contribution in [-0.2, 0) is 11.0 Å². The standard InChI is InChI=1S/C21H15F3N4O/c1-12(29)28-19-5-4-17(21(22,23)24)8-18(19)20-7-15-6-13(16-10-26-27-11-16)2-3-14(15)9-25-20/h2-11H,1H3,(H,26,27)(H,28,29). The number of benzene rings is 2. The molecule has 0 aliphatic rings. The van der Waals surface area contributed by atoms with Crippen molar-refractivity contribution < 1.29 is 18.0 Å². The molecule has 146 valence electrons. The Morgan fingerprint density at radius 3 is 2.52 bits per heavy atom. The van der Waals surface area contributed by atoms with E-state index in [2.05, 4.69) is 20.5 Å². The molecule has 0 unspecified atom stereocenters. The van der Waals surface area contributed by atoms with E-state index in [1.54, 1.807) is 24.7 Å². The molecule has 8 heteroatoms. The van der Waals surface area contributed by atoms with Crippen LogP contribution < -0.4 is 5.32 Å². The normalized spacial score (nSPS) is 11.6. The van der Waals surface area contributed by atoms with Crippen LogP contribution in [0.4, 0.5) is 18.9 Å². The Labute approximate surface area is 163 Å². The molecule has 2 aromatic carbocycles. The van der Waals surface area contributed by atoms with E-state index in [4.69, 9.17) is 0 Å². The number of hydrogen-bond donors (Lipinski definition) is 2. The molecule has 0 fully saturated rings. The second-order valence-electron chi connectivity index (χ2n) is 6.56. The Morgan fingerprint density at radius 1 is 1.00 bits per heavy atom. The molecule has 0 spiro atoms. The molecule has 0 aliphatic heterocycles. The lowest BCUT2D eigenvalue weighted by Gasteiger charge is -2.14. The zero-order chi connectivity index (χ0) is 20.6. The molecule has 4 rings (SSSR count). The number of aromatic nitrogens is 3. The van der Waals surface area contributed by atoms with Crippen molar-refractivity contribution in [2.75, 3.05) is 5.32 Å². The maximum absolute atomic E-state index is 13.2. The van der Waals surface area contributed by atoms with Crippen LogP contribution in [0.25, 0.3) is 33.2 Å². The van der Waals surface area contributed by atoms with E-state index in [1.165, 1.54) is 13.0 Å². The third-order valence-electron chi connectivity index (χ3n) is 4.49. The van der Waals surface area contributed by atoms with Gasteiger partial charge in [-0.2, -0.15) is 18.3 Å². The molecule has 0 aliphatic carbocycles. The number of rotatable bonds is 3. The summed E-state index contributed by atoms with van der Waals surface area (Å²) in [5.74, 6) is -0.381. The van der Waals surface area contributed by atoms with Crippen LogP contribution in [0.5, 0.6) is 0 Å². The smallest absolute Gasteiger partial charge is 0.326 e. The number of nitrogens with one attached hydrogen (secondary N) is 2. The highest BCUT2D eigenvalue weighted by molar-refractivity contribution is 5.95. The monoisotopic (exact) mass is 396 g/mol. The summed E-state index contributed by atoms with van der Waals surface area (Å²) in [5.41, 5.74) is 1.79. The Hall–Kier alpha value is -3.68. The van der Waals surface area contributed by atoms with Gasteiger partial charge in [-0.25, -0.2) is 0 Å². The first-order valence-electron chi connectivity index (χ1n) is 8.69. The zero-order valence-corrected chi connectivity index (χ0v) is 15.2. The van der Waals surface area contributed by atoms with Gasteiger partial charge in [-0.1, -0.05) is 12.1 Å². The van der Waals surface area contributed by atoms with Crippen LogP contribution >= 0.6 is 0 Å². The molecule has 0 radical (unpaired) electrons. The highest BCUT2D eigenvalue weighted by Gasteiger charge is 2.31. The largest absolute Gasteiger partial charge is 0.416 e. The molecular weight excluding hydrogens is 381 g/mol. The van der Waals surface area contributed by atoms with E-state index in [0.717, 1.165) is 34.0 Å². The van der Waals surface area contributed by atoms with Crippen molar-refractivity contribution in [2.24, 2.45) is 0 Å². The SMILES string of the molecule is CC(=O)Nc1ccc(C(F)(F)F)cc1-c1cc2cc(-c3cn[nH]c3)ccc2cn1. The maximum atomic E-state index is 13.2. The quantitative estimate of drug-likeness (QED) is 0.496. The first-order valence-corrected chi connectivity index (χ1v) is 8.69. The molecule has 1 amide bonds. The number of halogens is 3. The Kier molecular flexibility index (Phi) is 4.54. The number of H-pyrrole nitrogens is 1. The Balaban J connectivity index is 1.87. The number of nitrogens with zero attached hydrogens (tertiary/aromatic N) is 2. The fraction of sp³-hybridized carbons (Fsp3) is 0.0952. The Bertz CT molecular complexity index is 1200. The van der Waals surface area contributed by atoms with Crippen LogP contribution in [0.15, 0.2) is 61.1 Å². The summed E-state index contributed by atoms with van der Waals surface area (Å²) >= 11 is 0. The van der Waals surface area contributed by atoms with Gasteiger partial charge in [0, 0.05) is 35.8 Å². The van der Waals surface area contributed by atoms with E-state index in [0.29, 0.717) is 5.69 Å². The van der Waals surface area contributed by atoms with Crippen molar-refractivity contribution in [3.63, 3.8) is 0 Å². The molecule has 2 N–H and O–H groups in total. The summed E-state index contributed by atoms with van der Waals surface area (Å²) in [5, 5.41) is 10.9. The van der Waals surface area contributed by atoms with Crippen molar-refractivity contribution in [1.29, 1.82) is 0 Å². The predicted molar refractivity (Wildman–Crippen MR) is 104 cm³/mol. The van der Waals surface area contributed by atoms with Gasteiger partial charge in [0.1, 0.15) is 0 Å². The van der Waals surface area contributed by atoms with Crippen molar-refractivity contribution in [3.8, 4) is 22.4 Å². The van der Waals surface area contributed by atoms with Gasteiger partial charge in [0.25, 0.3) is 0 Å². The molecule has 0 bridgehead atoms. The fourth-order valence-electron chi connectivity index (χ4n) is 3.11. The molecule has 0 saturated carbocycles. The fourth-order valence-corrected chi connectivity index (χ4v) is 3.11. The second kappa shape index (κ2) is 7.05. The number of alkyl halides is 3. The average molecular weight is 396 g/mol. The van der Waals surface area contributed by atoms with Crippen LogP contribution in [0, 0.1) is 0 Å². The van der Waals surface area contributed by atoms with E-state index in [-0.39, 0.29) is 17.2 Å². The number of carbonyl (C=O) groups is 1. The predicted octanol–water partition coefficient (Wildman–Crippen LogP) is 5.27. The minimum atomic E-state index is -4.51. The van der Waals surface area contributed by atoms with Gasteiger partial charge in [0.15, 0.2) is 0 Å². The van der Waals surface area contributed by atoms with Gasteiger partial charge < -0.3 is 5.32 Å². The topological polar surface area (TPSA) is 70.7 Å². The lowest BCUT2D eigenvalue weighted by Crippen LogP contribution is -2.10. The lowest BCUT2D eigenvalue weighted by atomic mass is 10.0.